The summed E-state index contributed by atoms with van der Waals surface area (Å²) in [6.07, 6.45) is 0. The first kappa shape index (κ1) is 31.2. The normalized spacial score (nSPS) is 0. The summed E-state index contributed by atoms with van der Waals surface area (Å²) in [5.74, 6) is 0. The summed E-state index contributed by atoms with van der Waals surface area (Å²) in [4.78, 5) is 0. The maximum atomic E-state index is 0. The van der Waals surface area contributed by atoms with Crippen molar-refractivity contribution in [2.75, 3.05) is 0 Å². The van der Waals surface area contributed by atoms with Crippen LogP contribution in [-0.2, 0) is 43.3 Å². The maximum absolute atomic E-state index is 0. The first-order valence-corrected chi connectivity index (χ1v) is 0. The van der Waals surface area contributed by atoms with Crippen molar-refractivity contribution in [2.24, 2.45) is 0 Å². The Morgan fingerprint density at radius 2 is 1.25 bits per heavy atom. The molecular formula is H4AlCuLiZr. The molecule has 0 rings (SSSR count). The number of hydrogen-bond donors (Lipinski definition) is 0. The summed E-state index contributed by atoms with van der Waals surface area (Å²) in [6.45, 7) is 0. The summed E-state index contributed by atoms with van der Waals surface area (Å²) in [7, 11) is 0. The third-order valence-corrected chi connectivity index (χ3v) is 0. The van der Waals surface area contributed by atoms with Crippen molar-refractivity contribution in [2.45, 2.75) is 0 Å². The fourth-order valence-corrected chi connectivity index (χ4v) is 0. The molecule has 0 aliphatic carbocycles. The van der Waals surface area contributed by atoms with Crippen LogP contribution in [0.5, 0.6) is 0 Å². The zero-order valence-electron chi connectivity index (χ0n) is 2.80. The van der Waals surface area contributed by atoms with Gasteiger partial charge in [0.1, 0.15) is 0 Å². The first-order chi connectivity index (χ1) is 0. The van der Waals surface area contributed by atoms with Gasteiger partial charge in [-0.3, -0.25) is 0 Å². The number of rotatable bonds is 0. The molecule has 4 heteroatoms. The predicted molar refractivity (Wildman–Crippen MR) is 11.1 cm³/mol. The van der Waals surface area contributed by atoms with E-state index in [1.165, 1.54) is 0 Å². The smallest absolute Gasteiger partial charge is 1.00 e. The SMILES string of the molecule is [AlH3].[Cu].[H-].[Li+].[Zr]. The molecule has 0 aliphatic heterocycles. The minimum atomic E-state index is 0. The van der Waals surface area contributed by atoms with Crippen LogP contribution < -0.4 is 18.9 Å². The molecule has 0 saturated heterocycles. The van der Waals surface area contributed by atoms with Gasteiger partial charge in [-0.2, -0.15) is 0 Å². The monoisotopic (exact) mass is 191 g/mol. The van der Waals surface area contributed by atoms with E-state index in [1.54, 1.807) is 0 Å². The van der Waals surface area contributed by atoms with Crippen molar-refractivity contribution in [1.29, 1.82) is 0 Å². The molecule has 0 amide bonds. The van der Waals surface area contributed by atoms with Gasteiger partial charge < -0.3 is 1.43 Å². The van der Waals surface area contributed by atoms with E-state index in [-0.39, 0.29) is 80.9 Å². The predicted octanol–water partition coefficient (Wildman–Crippen LogP) is -4.07. The first-order valence-electron chi connectivity index (χ1n) is 0. The van der Waals surface area contributed by atoms with Crippen molar-refractivity contribution in [1.82, 2.24) is 0 Å². The molecule has 0 unspecified atom stereocenters. The van der Waals surface area contributed by atoms with E-state index in [1.807, 2.05) is 0 Å². The van der Waals surface area contributed by atoms with Gasteiger partial charge in [-0.1, -0.05) is 0 Å². The Morgan fingerprint density at radius 3 is 1.25 bits per heavy atom. The van der Waals surface area contributed by atoms with E-state index in [0.717, 1.165) is 0 Å². The summed E-state index contributed by atoms with van der Waals surface area (Å²) in [6, 6.07) is 0. The van der Waals surface area contributed by atoms with Crippen LogP contribution in [0.15, 0.2) is 0 Å². The van der Waals surface area contributed by atoms with Crippen molar-refractivity contribution >= 4 is 17.4 Å². The van der Waals surface area contributed by atoms with Crippen LogP contribution in [0.2, 0.25) is 0 Å². The summed E-state index contributed by atoms with van der Waals surface area (Å²) >= 11 is 0. The number of hydrogen-bond acceptors (Lipinski definition) is 0. The van der Waals surface area contributed by atoms with E-state index >= 15 is 0 Å². The molecule has 0 saturated carbocycles. The Labute approximate surface area is 79.9 Å². The van der Waals surface area contributed by atoms with E-state index in [9.17, 15) is 0 Å². The molecule has 0 aliphatic rings. The Balaban J connectivity index is 0. The van der Waals surface area contributed by atoms with Crippen LogP contribution in [0.4, 0.5) is 0 Å². The fraction of sp³-hybridized carbons (Fsp3) is 0. The van der Waals surface area contributed by atoms with Crippen LogP contribution in [0, 0.1) is 0 Å². The van der Waals surface area contributed by atoms with E-state index in [0.29, 0.717) is 0 Å². The van der Waals surface area contributed by atoms with Crippen molar-refractivity contribution in [3.8, 4) is 0 Å². The van der Waals surface area contributed by atoms with Gasteiger partial charge in [0.15, 0.2) is 17.4 Å². The van der Waals surface area contributed by atoms with Gasteiger partial charge >= 0.3 is 18.9 Å². The minimum absolute atomic E-state index is 0. The van der Waals surface area contributed by atoms with Crippen LogP contribution in [0.25, 0.3) is 0 Å². The average Bonchev–Trinajstić information content (AvgIpc) is 0. The molecule has 0 atom stereocenters. The Morgan fingerprint density at radius 1 is 1.25 bits per heavy atom. The minimum Gasteiger partial charge on any atom is -1.00 e. The Hall–Kier alpha value is 2.53. The second kappa shape index (κ2) is 17.7. The molecule has 1 radical (unpaired) electrons. The topological polar surface area (TPSA) is 0 Å². The van der Waals surface area contributed by atoms with E-state index < -0.39 is 0 Å². The molecule has 0 bridgehead atoms. The molecule has 23 valence electrons. The van der Waals surface area contributed by atoms with Gasteiger partial charge in [0.25, 0.3) is 0 Å². The van der Waals surface area contributed by atoms with Crippen molar-refractivity contribution in [3.05, 3.63) is 0 Å². The largest absolute Gasteiger partial charge is 1.00 e. The molecule has 0 aromatic rings. The second-order valence-electron chi connectivity index (χ2n) is 0. The second-order valence-corrected chi connectivity index (χ2v) is 0. The van der Waals surface area contributed by atoms with E-state index in [2.05, 4.69) is 0 Å². The zero-order valence-corrected chi connectivity index (χ0v) is 5.20. The third-order valence-electron chi connectivity index (χ3n) is 0. The average molecular weight is 193 g/mol. The standard InChI is InChI=1S/Al.Cu.Li.Zr.4H/q;;+1;;;;;-1. The third kappa shape index (κ3) is 8.82. The quantitative estimate of drug-likeness (QED) is 0.343. The summed E-state index contributed by atoms with van der Waals surface area (Å²) in [5, 5.41) is 0. The molecule has 0 nitrogen and oxygen atoms in total. The zero-order chi connectivity index (χ0) is 0. The van der Waals surface area contributed by atoms with Gasteiger partial charge in [-0.25, -0.2) is 0 Å². The van der Waals surface area contributed by atoms with Gasteiger partial charge in [0.05, 0.1) is 0 Å². The molecule has 0 N–H and O–H groups in total. The molecule has 0 aromatic carbocycles. The maximum Gasteiger partial charge on any atom is 1.00 e. The summed E-state index contributed by atoms with van der Waals surface area (Å²) < 4.78 is 0. The van der Waals surface area contributed by atoms with E-state index in [4.69, 9.17) is 0 Å². The van der Waals surface area contributed by atoms with Gasteiger partial charge in [0, 0.05) is 43.3 Å². The van der Waals surface area contributed by atoms with Gasteiger partial charge in [0.2, 0.25) is 0 Å². The Bertz CT molecular complexity index is 11.6. The molecule has 0 fully saturated rings. The summed E-state index contributed by atoms with van der Waals surface area (Å²) in [5.41, 5.74) is 0. The van der Waals surface area contributed by atoms with Crippen LogP contribution >= 0.6 is 0 Å². The van der Waals surface area contributed by atoms with Gasteiger partial charge in [-0.15, -0.1) is 0 Å². The molecule has 0 aromatic heterocycles. The van der Waals surface area contributed by atoms with Crippen LogP contribution in [-0.4, -0.2) is 17.4 Å². The van der Waals surface area contributed by atoms with Crippen molar-refractivity contribution in [3.63, 3.8) is 0 Å². The molecule has 0 spiro atoms. The Kier molecular flexibility index (Phi) is 138. The molecular weight excluding hydrogens is 189 g/mol. The molecule has 0 heterocycles. The fourth-order valence-electron chi connectivity index (χ4n) is 0. The van der Waals surface area contributed by atoms with Gasteiger partial charge in [-0.05, 0) is 0 Å². The van der Waals surface area contributed by atoms with Crippen molar-refractivity contribution < 1.29 is 63.6 Å². The van der Waals surface area contributed by atoms with Crippen LogP contribution in [0.1, 0.15) is 1.43 Å². The molecule has 4 heavy (non-hydrogen) atoms. The van der Waals surface area contributed by atoms with Crippen LogP contribution in [0.3, 0.4) is 0 Å².